The van der Waals surface area contributed by atoms with E-state index in [1.165, 1.54) is 19.1 Å². The van der Waals surface area contributed by atoms with Crippen molar-refractivity contribution in [2.24, 2.45) is 5.92 Å². The SMILES string of the molecule is CNC(c1ccc(C)c(F)c1F)C1CCS(=O)(=O)C1. The lowest BCUT2D eigenvalue weighted by Gasteiger charge is -2.23. The van der Waals surface area contributed by atoms with Gasteiger partial charge in [-0.1, -0.05) is 12.1 Å². The fourth-order valence-corrected chi connectivity index (χ4v) is 4.47. The largest absolute Gasteiger partial charge is 0.313 e. The fraction of sp³-hybridized carbons (Fsp3) is 0.538. The molecule has 0 aromatic heterocycles. The van der Waals surface area contributed by atoms with E-state index in [0.29, 0.717) is 6.42 Å². The Hall–Kier alpha value is -1.01. The molecule has 3 nitrogen and oxygen atoms in total. The van der Waals surface area contributed by atoms with Crippen molar-refractivity contribution < 1.29 is 17.2 Å². The van der Waals surface area contributed by atoms with Gasteiger partial charge in [0, 0.05) is 11.6 Å². The van der Waals surface area contributed by atoms with Crippen molar-refractivity contribution in [1.29, 1.82) is 0 Å². The molecule has 2 unspecified atom stereocenters. The van der Waals surface area contributed by atoms with Gasteiger partial charge in [0.05, 0.1) is 11.5 Å². The van der Waals surface area contributed by atoms with E-state index in [0.717, 1.165) is 0 Å². The highest BCUT2D eigenvalue weighted by Crippen LogP contribution is 2.33. The van der Waals surface area contributed by atoms with Gasteiger partial charge in [-0.2, -0.15) is 0 Å². The minimum absolute atomic E-state index is 0.0213. The maximum Gasteiger partial charge on any atom is 0.163 e. The van der Waals surface area contributed by atoms with Gasteiger partial charge in [0.1, 0.15) is 0 Å². The molecule has 0 saturated carbocycles. The van der Waals surface area contributed by atoms with Gasteiger partial charge in [0.2, 0.25) is 0 Å². The monoisotopic (exact) mass is 289 g/mol. The van der Waals surface area contributed by atoms with E-state index in [2.05, 4.69) is 5.32 Å². The highest BCUT2D eigenvalue weighted by molar-refractivity contribution is 7.91. The van der Waals surface area contributed by atoms with Crippen LogP contribution in [0.3, 0.4) is 0 Å². The third-order valence-electron chi connectivity index (χ3n) is 3.69. The molecule has 1 saturated heterocycles. The average Bonchev–Trinajstić information content (AvgIpc) is 2.70. The summed E-state index contributed by atoms with van der Waals surface area (Å²) in [6, 6.07) is 2.56. The van der Waals surface area contributed by atoms with Crippen LogP contribution in [0.15, 0.2) is 12.1 Å². The minimum Gasteiger partial charge on any atom is -0.313 e. The molecule has 1 aromatic carbocycles. The summed E-state index contributed by atoms with van der Waals surface area (Å²) in [7, 11) is -1.41. The molecule has 0 radical (unpaired) electrons. The molecule has 19 heavy (non-hydrogen) atoms. The maximum atomic E-state index is 14.0. The van der Waals surface area contributed by atoms with Crippen molar-refractivity contribution in [3.63, 3.8) is 0 Å². The zero-order chi connectivity index (χ0) is 14.2. The Labute approximate surface area is 111 Å². The molecule has 1 aliphatic heterocycles. The lowest BCUT2D eigenvalue weighted by Crippen LogP contribution is -2.27. The Kier molecular flexibility index (Phi) is 3.92. The summed E-state index contributed by atoms with van der Waals surface area (Å²) in [4.78, 5) is 0. The van der Waals surface area contributed by atoms with Crippen LogP contribution in [-0.2, 0) is 9.84 Å². The van der Waals surface area contributed by atoms with E-state index in [1.54, 1.807) is 7.05 Å². The van der Waals surface area contributed by atoms with Crippen LogP contribution in [0, 0.1) is 24.5 Å². The second-order valence-electron chi connectivity index (χ2n) is 5.03. The first-order valence-corrected chi connectivity index (χ1v) is 8.00. The van der Waals surface area contributed by atoms with Crippen LogP contribution in [0.5, 0.6) is 0 Å². The van der Waals surface area contributed by atoms with Crippen molar-refractivity contribution in [2.45, 2.75) is 19.4 Å². The summed E-state index contributed by atoms with van der Waals surface area (Å²) in [6.07, 6.45) is 0.475. The molecule has 1 N–H and O–H groups in total. The van der Waals surface area contributed by atoms with Gasteiger partial charge in [-0.05, 0) is 31.9 Å². The van der Waals surface area contributed by atoms with Crippen molar-refractivity contribution >= 4 is 9.84 Å². The van der Waals surface area contributed by atoms with Crippen LogP contribution in [0.4, 0.5) is 8.78 Å². The smallest absolute Gasteiger partial charge is 0.163 e. The lowest BCUT2D eigenvalue weighted by atomic mass is 9.91. The van der Waals surface area contributed by atoms with E-state index in [4.69, 9.17) is 0 Å². The van der Waals surface area contributed by atoms with Crippen molar-refractivity contribution in [1.82, 2.24) is 5.32 Å². The topological polar surface area (TPSA) is 46.2 Å². The Balaban J connectivity index is 2.36. The highest BCUT2D eigenvalue weighted by atomic mass is 32.2. The van der Waals surface area contributed by atoms with E-state index >= 15 is 0 Å². The number of sulfone groups is 1. The van der Waals surface area contributed by atoms with Crippen molar-refractivity contribution in [3.05, 3.63) is 34.9 Å². The number of rotatable bonds is 3. The van der Waals surface area contributed by atoms with Crippen LogP contribution in [0.1, 0.15) is 23.6 Å². The van der Waals surface area contributed by atoms with Gasteiger partial charge >= 0.3 is 0 Å². The lowest BCUT2D eigenvalue weighted by molar-refractivity contribution is 0.392. The molecule has 2 rings (SSSR count). The van der Waals surface area contributed by atoms with Crippen LogP contribution in [0.2, 0.25) is 0 Å². The van der Waals surface area contributed by atoms with Crippen LogP contribution < -0.4 is 5.32 Å². The first-order chi connectivity index (χ1) is 8.85. The van der Waals surface area contributed by atoms with Crippen molar-refractivity contribution in [3.8, 4) is 0 Å². The van der Waals surface area contributed by atoms with Crippen LogP contribution >= 0.6 is 0 Å². The quantitative estimate of drug-likeness (QED) is 0.925. The zero-order valence-electron chi connectivity index (χ0n) is 10.9. The number of benzene rings is 1. The first kappa shape index (κ1) is 14.4. The van der Waals surface area contributed by atoms with Gasteiger partial charge in [-0.3, -0.25) is 0 Å². The average molecular weight is 289 g/mol. The molecule has 1 aromatic rings. The number of halogens is 2. The third-order valence-corrected chi connectivity index (χ3v) is 5.48. The van der Waals surface area contributed by atoms with Gasteiger partial charge < -0.3 is 5.32 Å². The van der Waals surface area contributed by atoms with E-state index < -0.39 is 27.5 Å². The van der Waals surface area contributed by atoms with Gasteiger partial charge in [0.25, 0.3) is 0 Å². The summed E-state index contributed by atoms with van der Waals surface area (Å²) in [5.41, 5.74) is 0.447. The van der Waals surface area contributed by atoms with Gasteiger partial charge in [-0.15, -0.1) is 0 Å². The summed E-state index contributed by atoms with van der Waals surface area (Å²) in [6.45, 7) is 1.50. The van der Waals surface area contributed by atoms with Crippen LogP contribution in [0.25, 0.3) is 0 Å². The Bertz CT molecular complexity index is 587. The fourth-order valence-electron chi connectivity index (χ4n) is 2.63. The summed E-state index contributed by atoms with van der Waals surface area (Å²) >= 11 is 0. The summed E-state index contributed by atoms with van der Waals surface area (Å²) in [5.74, 6) is -1.83. The van der Waals surface area contributed by atoms with E-state index in [1.807, 2.05) is 0 Å². The molecule has 6 heteroatoms. The normalized spacial score (nSPS) is 23.5. The number of nitrogens with one attached hydrogen (secondary N) is 1. The Morgan fingerprint density at radius 2 is 2.00 bits per heavy atom. The zero-order valence-corrected chi connectivity index (χ0v) is 11.7. The molecule has 0 bridgehead atoms. The maximum absolute atomic E-state index is 14.0. The predicted octanol–water partition coefficient (Wildman–Crippen LogP) is 1.97. The molecule has 2 atom stereocenters. The molecule has 0 spiro atoms. The second kappa shape index (κ2) is 5.17. The molecular weight excluding hydrogens is 272 g/mol. The number of aryl methyl sites for hydroxylation is 1. The second-order valence-corrected chi connectivity index (χ2v) is 7.26. The molecule has 0 aliphatic carbocycles. The molecule has 106 valence electrons. The van der Waals surface area contributed by atoms with Gasteiger partial charge in [-0.25, -0.2) is 17.2 Å². The summed E-state index contributed by atoms with van der Waals surface area (Å²) < 4.78 is 50.6. The van der Waals surface area contributed by atoms with E-state index in [-0.39, 0.29) is 28.6 Å². The standard InChI is InChI=1S/C13H17F2NO2S/c1-8-3-4-10(12(15)11(8)14)13(16-2)9-5-6-19(17,18)7-9/h3-4,9,13,16H,5-7H2,1-2H3. The molecule has 1 fully saturated rings. The van der Waals surface area contributed by atoms with E-state index in [9.17, 15) is 17.2 Å². The van der Waals surface area contributed by atoms with Crippen molar-refractivity contribution in [2.75, 3.05) is 18.6 Å². The van der Waals surface area contributed by atoms with Crippen LogP contribution in [-0.4, -0.2) is 27.0 Å². The van der Waals surface area contributed by atoms with Gasteiger partial charge in [0.15, 0.2) is 21.5 Å². The number of hydrogen-bond donors (Lipinski definition) is 1. The minimum atomic E-state index is -3.05. The highest BCUT2D eigenvalue weighted by Gasteiger charge is 2.35. The Morgan fingerprint density at radius 1 is 1.32 bits per heavy atom. The summed E-state index contributed by atoms with van der Waals surface area (Å²) in [5, 5.41) is 2.91. The molecule has 1 heterocycles. The predicted molar refractivity (Wildman–Crippen MR) is 69.7 cm³/mol. The molecule has 0 amide bonds. The Morgan fingerprint density at radius 3 is 2.53 bits per heavy atom. The molecule has 1 aliphatic rings. The first-order valence-electron chi connectivity index (χ1n) is 6.18. The number of hydrogen-bond acceptors (Lipinski definition) is 3. The molecular formula is C13H17F2NO2S. The third kappa shape index (κ3) is 2.79.